The summed E-state index contributed by atoms with van der Waals surface area (Å²) in [6, 6.07) is 36.6. The molecule has 0 aliphatic rings. The maximum atomic E-state index is 6.51. The smallest absolute Gasteiger partial charge is 0.0720 e. The Hall–Kier alpha value is -3.11. The van der Waals surface area contributed by atoms with Gasteiger partial charge < -0.3 is 4.57 Å². The van der Waals surface area contributed by atoms with E-state index < -0.39 is 0 Å². The molecule has 7 rings (SSSR count). The monoisotopic (exact) mass is 537 g/mol. The fourth-order valence-electron chi connectivity index (χ4n) is 5.11. The van der Waals surface area contributed by atoms with Crippen molar-refractivity contribution in [2.45, 2.75) is 0 Å². The molecule has 0 unspecified atom stereocenters. The van der Waals surface area contributed by atoms with Crippen molar-refractivity contribution in [1.29, 1.82) is 0 Å². The van der Waals surface area contributed by atoms with Gasteiger partial charge in [0, 0.05) is 41.4 Å². The molecule has 5 aromatic carbocycles. The Balaban J connectivity index is 1.76. The first-order chi connectivity index (χ1) is 16.7. The lowest BCUT2D eigenvalue weighted by Gasteiger charge is -2.11. The van der Waals surface area contributed by atoms with Crippen molar-refractivity contribution < 1.29 is 0 Å². The van der Waals surface area contributed by atoms with Crippen LogP contribution in [0, 0.1) is 0 Å². The summed E-state index contributed by atoms with van der Waals surface area (Å²) >= 11 is 12.0. The van der Waals surface area contributed by atoms with Crippen LogP contribution < -0.4 is 0 Å². The van der Waals surface area contributed by atoms with Crippen LogP contribution in [0.4, 0.5) is 0 Å². The number of hydrogen-bond donors (Lipinski definition) is 0. The van der Waals surface area contributed by atoms with Crippen LogP contribution in [0.15, 0.2) is 108 Å². The lowest BCUT2D eigenvalue weighted by molar-refractivity contribution is 1.19. The first-order valence-corrected chi connectivity index (χ1v) is 13.1. The molecular formula is C30H17BrClNS. The van der Waals surface area contributed by atoms with Gasteiger partial charge >= 0.3 is 0 Å². The van der Waals surface area contributed by atoms with Gasteiger partial charge in [-0.05, 0) is 59.7 Å². The molecule has 0 spiro atoms. The molecule has 0 saturated carbocycles. The Morgan fingerprint density at radius 3 is 2.26 bits per heavy atom. The summed E-state index contributed by atoms with van der Waals surface area (Å²) in [5.41, 5.74) is 5.97. The highest BCUT2D eigenvalue weighted by atomic mass is 79.9. The van der Waals surface area contributed by atoms with E-state index in [1.54, 1.807) is 0 Å². The van der Waals surface area contributed by atoms with Gasteiger partial charge in [-0.1, -0.05) is 82.1 Å². The Kier molecular flexibility index (Phi) is 4.60. The molecule has 34 heavy (non-hydrogen) atoms. The van der Waals surface area contributed by atoms with Crippen molar-refractivity contribution >= 4 is 80.8 Å². The van der Waals surface area contributed by atoms with Crippen molar-refractivity contribution in [1.82, 2.24) is 4.57 Å². The van der Waals surface area contributed by atoms with Crippen LogP contribution >= 0.6 is 38.9 Å². The van der Waals surface area contributed by atoms with Crippen molar-refractivity contribution in [3.63, 3.8) is 0 Å². The molecule has 4 heteroatoms. The van der Waals surface area contributed by atoms with E-state index >= 15 is 0 Å². The quantitative estimate of drug-likeness (QED) is 0.206. The Bertz CT molecular complexity index is 1860. The summed E-state index contributed by atoms with van der Waals surface area (Å²) in [6.45, 7) is 0. The molecule has 0 aliphatic heterocycles. The number of benzene rings is 5. The largest absolute Gasteiger partial charge is 0.308 e. The third-order valence-corrected chi connectivity index (χ3v) is 8.32. The van der Waals surface area contributed by atoms with Gasteiger partial charge in [0.1, 0.15) is 0 Å². The average Bonchev–Trinajstić information content (AvgIpc) is 3.40. The van der Waals surface area contributed by atoms with Gasteiger partial charge in [0.2, 0.25) is 0 Å². The van der Waals surface area contributed by atoms with Gasteiger partial charge in [0.05, 0.1) is 15.7 Å². The first-order valence-electron chi connectivity index (χ1n) is 11.1. The number of rotatable bonds is 2. The van der Waals surface area contributed by atoms with Crippen LogP contribution in [0.3, 0.4) is 0 Å². The molecule has 0 amide bonds. The molecule has 2 heterocycles. The van der Waals surface area contributed by atoms with E-state index in [0.717, 1.165) is 15.1 Å². The Morgan fingerprint density at radius 1 is 0.706 bits per heavy atom. The van der Waals surface area contributed by atoms with Gasteiger partial charge in [0.15, 0.2) is 0 Å². The highest BCUT2D eigenvalue weighted by Gasteiger charge is 2.21. The standard InChI is InChI=1S/C30H17BrClNS/c31-19-14-18(15-20(32)16-19)24-17-25-22-10-4-6-12-26(22)33(21-8-2-1-3-9-21)29(25)30-28(24)23-11-5-7-13-27(23)34-30/h1-17H. The molecule has 0 aliphatic carbocycles. The molecule has 0 bridgehead atoms. The molecule has 0 fully saturated rings. The second-order valence-corrected chi connectivity index (χ2v) is 10.9. The Morgan fingerprint density at radius 2 is 1.44 bits per heavy atom. The van der Waals surface area contributed by atoms with Crippen LogP contribution in [0.5, 0.6) is 0 Å². The predicted molar refractivity (Wildman–Crippen MR) is 152 cm³/mol. The van der Waals surface area contributed by atoms with Gasteiger partial charge in [-0.2, -0.15) is 0 Å². The van der Waals surface area contributed by atoms with E-state index in [9.17, 15) is 0 Å². The van der Waals surface area contributed by atoms with Crippen LogP contribution in [0.2, 0.25) is 5.02 Å². The molecule has 0 atom stereocenters. The normalized spacial score (nSPS) is 11.8. The van der Waals surface area contributed by atoms with E-state index in [1.807, 2.05) is 17.4 Å². The number of nitrogens with zero attached hydrogens (tertiary/aromatic N) is 1. The fraction of sp³-hybridized carbons (Fsp3) is 0. The van der Waals surface area contributed by atoms with Crippen LogP contribution in [0.25, 0.3) is 58.8 Å². The third-order valence-electron chi connectivity index (χ3n) is 6.47. The summed E-state index contributed by atoms with van der Waals surface area (Å²) in [6.07, 6.45) is 0. The molecule has 7 aromatic rings. The number of hydrogen-bond acceptors (Lipinski definition) is 1. The van der Waals surface area contributed by atoms with Gasteiger partial charge in [-0.25, -0.2) is 0 Å². The van der Waals surface area contributed by atoms with Gasteiger partial charge in [-0.3, -0.25) is 0 Å². The minimum absolute atomic E-state index is 0.726. The SMILES string of the molecule is Clc1cc(Br)cc(-c2cc3c4ccccc4n(-c4ccccc4)c3c3sc4ccccc4c23)c1. The van der Waals surface area contributed by atoms with E-state index in [4.69, 9.17) is 11.6 Å². The molecule has 0 N–H and O–H groups in total. The van der Waals surface area contributed by atoms with Crippen LogP contribution in [0.1, 0.15) is 0 Å². The zero-order valence-corrected chi connectivity index (χ0v) is 21.1. The minimum Gasteiger partial charge on any atom is -0.308 e. The van der Waals surface area contributed by atoms with Crippen molar-refractivity contribution in [2.24, 2.45) is 0 Å². The molecule has 0 saturated heterocycles. The van der Waals surface area contributed by atoms with Crippen molar-refractivity contribution in [3.05, 3.63) is 113 Å². The number of fused-ring (bicyclic) bond motifs is 7. The number of aromatic nitrogens is 1. The van der Waals surface area contributed by atoms with E-state index in [-0.39, 0.29) is 0 Å². The zero-order valence-electron chi connectivity index (χ0n) is 17.9. The van der Waals surface area contributed by atoms with Crippen LogP contribution in [-0.4, -0.2) is 4.57 Å². The molecule has 2 aromatic heterocycles. The summed E-state index contributed by atoms with van der Waals surface area (Å²) in [5, 5.41) is 5.79. The fourth-order valence-corrected chi connectivity index (χ4v) is 7.24. The number of thiophene rings is 1. The van der Waals surface area contributed by atoms with Gasteiger partial charge in [0.25, 0.3) is 0 Å². The lowest BCUT2D eigenvalue weighted by atomic mass is 9.97. The van der Waals surface area contributed by atoms with Crippen molar-refractivity contribution in [2.75, 3.05) is 0 Å². The van der Waals surface area contributed by atoms with Crippen molar-refractivity contribution in [3.8, 4) is 16.8 Å². The lowest BCUT2D eigenvalue weighted by Crippen LogP contribution is -1.93. The van der Waals surface area contributed by atoms with Crippen LogP contribution in [-0.2, 0) is 0 Å². The predicted octanol–water partition coefficient (Wildman–Crippen LogP) is 10.2. The maximum absolute atomic E-state index is 6.51. The van der Waals surface area contributed by atoms with Gasteiger partial charge in [-0.15, -0.1) is 11.3 Å². The maximum Gasteiger partial charge on any atom is 0.0720 e. The Labute approximate surface area is 214 Å². The highest BCUT2D eigenvalue weighted by molar-refractivity contribution is 9.10. The first kappa shape index (κ1) is 20.3. The second-order valence-electron chi connectivity index (χ2n) is 8.47. The topological polar surface area (TPSA) is 4.93 Å². The summed E-state index contributed by atoms with van der Waals surface area (Å²) in [7, 11) is 0. The van der Waals surface area contributed by atoms with E-state index in [1.165, 1.54) is 53.2 Å². The second kappa shape index (κ2) is 7.71. The summed E-state index contributed by atoms with van der Waals surface area (Å²) in [4.78, 5) is 0. The third kappa shape index (κ3) is 2.98. The van der Waals surface area contributed by atoms with E-state index in [2.05, 4.69) is 118 Å². The highest BCUT2D eigenvalue weighted by Crippen LogP contribution is 2.47. The minimum atomic E-state index is 0.726. The number of halogens is 2. The molecule has 1 nitrogen and oxygen atoms in total. The zero-order chi connectivity index (χ0) is 22.8. The molecular weight excluding hydrogens is 522 g/mol. The van der Waals surface area contributed by atoms with E-state index in [0.29, 0.717) is 0 Å². The molecule has 0 radical (unpaired) electrons. The number of para-hydroxylation sites is 2. The summed E-state index contributed by atoms with van der Waals surface area (Å²) < 4.78 is 5.98. The average molecular weight is 539 g/mol. The molecule has 162 valence electrons. The summed E-state index contributed by atoms with van der Waals surface area (Å²) in [5.74, 6) is 0.